The average molecular weight is 587 g/mol. The van der Waals surface area contributed by atoms with E-state index in [1.165, 1.54) is 6.07 Å². The molecule has 0 bridgehead atoms. The molecule has 41 heavy (non-hydrogen) atoms. The molecule has 12 nitrogen and oxygen atoms in total. The van der Waals surface area contributed by atoms with Gasteiger partial charge in [0.15, 0.2) is 11.5 Å². The molecule has 0 radical (unpaired) electrons. The highest BCUT2D eigenvalue weighted by Gasteiger charge is 2.24. The van der Waals surface area contributed by atoms with Crippen molar-refractivity contribution in [3.8, 4) is 17.2 Å². The second-order valence-electron chi connectivity index (χ2n) is 9.74. The van der Waals surface area contributed by atoms with Crippen LogP contribution >= 0.6 is 11.8 Å². The molecule has 0 aliphatic carbocycles. The highest BCUT2D eigenvalue weighted by molar-refractivity contribution is 7.98. The van der Waals surface area contributed by atoms with Crippen molar-refractivity contribution in [2.24, 2.45) is 0 Å². The zero-order valence-corrected chi connectivity index (χ0v) is 25.0. The van der Waals surface area contributed by atoms with Gasteiger partial charge in [-0.25, -0.2) is 4.98 Å². The molecule has 3 aromatic rings. The van der Waals surface area contributed by atoms with Crippen LogP contribution in [0.3, 0.4) is 0 Å². The van der Waals surface area contributed by atoms with Crippen molar-refractivity contribution >= 4 is 34.8 Å². The average Bonchev–Trinajstić information content (AvgIpc) is 3.42. The largest absolute Gasteiger partial charge is 0.493 e. The van der Waals surface area contributed by atoms with E-state index < -0.39 is 4.92 Å². The van der Waals surface area contributed by atoms with Gasteiger partial charge in [-0.2, -0.15) is 11.8 Å². The lowest BCUT2D eigenvalue weighted by Gasteiger charge is -2.37. The first-order valence-electron chi connectivity index (χ1n) is 13.3. The quantitative estimate of drug-likeness (QED) is 0.164. The summed E-state index contributed by atoms with van der Waals surface area (Å²) in [6.07, 6.45) is 0. The van der Waals surface area contributed by atoms with Crippen LogP contribution in [0.5, 0.6) is 17.2 Å². The molecule has 0 unspecified atom stereocenters. The van der Waals surface area contributed by atoms with Gasteiger partial charge in [-0.05, 0) is 32.3 Å². The van der Waals surface area contributed by atoms with Crippen LogP contribution in [0.2, 0.25) is 0 Å². The Bertz CT molecular complexity index is 1290. The molecule has 13 heteroatoms. The maximum Gasteiger partial charge on any atom is 0.311 e. The smallest absolute Gasteiger partial charge is 0.311 e. The monoisotopic (exact) mass is 586 g/mol. The second kappa shape index (κ2) is 14.2. The molecule has 222 valence electrons. The lowest BCUT2D eigenvalue weighted by Crippen LogP contribution is -2.46. The minimum absolute atomic E-state index is 0.0332. The van der Waals surface area contributed by atoms with Crippen molar-refractivity contribution in [2.45, 2.75) is 12.3 Å². The van der Waals surface area contributed by atoms with Crippen LogP contribution in [0.1, 0.15) is 11.5 Å². The Hall–Kier alpha value is -3.84. The van der Waals surface area contributed by atoms with Gasteiger partial charge in [0.2, 0.25) is 11.6 Å². The highest BCUT2D eigenvalue weighted by Crippen LogP contribution is 2.41. The van der Waals surface area contributed by atoms with E-state index in [-0.39, 0.29) is 11.5 Å². The van der Waals surface area contributed by atoms with E-state index >= 15 is 0 Å². The van der Waals surface area contributed by atoms with Gasteiger partial charge in [-0.1, -0.05) is 0 Å². The summed E-state index contributed by atoms with van der Waals surface area (Å²) in [4.78, 5) is 22.4. The summed E-state index contributed by atoms with van der Waals surface area (Å²) >= 11 is 1.70. The highest BCUT2D eigenvalue weighted by atomic mass is 32.2. The van der Waals surface area contributed by atoms with E-state index in [0.717, 1.165) is 48.3 Å². The molecule has 1 aliphatic heterocycles. The number of rotatable bonds is 14. The van der Waals surface area contributed by atoms with E-state index in [4.69, 9.17) is 18.6 Å². The maximum absolute atomic E-state index is 11.7. The molecule has 1 saturated heterocycles. The number of hydrogen-bond donors (Lipinski definition) is 1. The van der Waals surface area contributed by atoms with E-state index in [9.17, 15) is 10.1 Å². The van der Waals surface area contributed by atoms with Crippen molar-refractivity contribution in [1.29, 1.82) is 0 Å². The zero-order valence-electron chi connectivity index (χ0n) is 24.2. The van der Waals surface area contributed by atoms with Crippen molar-refractivity contribution in [3.63, 3.8) is 0 Å². The fourth-order valence-electron chi connectivity index (χ4n) is 4.65. The Kier molecular flexibility index (Phi) is 10.4. The van der Waals surface area contributed by atoms with E-state index in [2.05, 4.69) is 25.0 Å². The van der Waals surface area contributed by atoms with Crippen LogP contribution in [0, 0.1) is 10.1 Å². The Labute approximate surface area is 244 Å². The van der Waals surface area contributed by atoms with Crippen molar-refractivity contribution in [2.75, 3.05) is 89.0 Å². The SMILES string of the molecule is COc1cc(N2CCN(c3ccc([N+](=O)[O-])c(NCCSCc4ccc(CN(C)C)o4)n3)CC2)cc(OC)c1OC. The minimum atomic E-state index is -0.399. The lowest BCUT2D eigenvalue weighted by atomic mass is 10.2. The van der Waals surface area contributed by atoms with E-state index in [1.807, 2.05) is 38.4 Å². The van der Waals surface area contributed by atoms with Gasteiger partial charge in [0.25, 0.3) is 0 Å². The Morgan fingerprint density at radius 3 is 2.27 bits per heavy atom. The Morgan fingerprint density at radius 1 is 1.00 bits per heavy atom. The van der Waals surface area contributed by atoms with Gasteiger partial charge in [-0.15, -0.1) is 0 Å². The number of furan rings is 1. The van der Waals surface area contributed by atoms with Crippen LogP contribution < -0.4 is 29.3 Å². The van der Waals surface area contributed by atoms with Gasteiger partial charge >= 0.3 is 5.69 Å². The molecule has 3 heterocycles. The number of piperazine rings is 1. The molecule has 1 fully saturated rings. The number of pyridine rings is 1. The normalized spacial score (nSPS) is 13.4. The van der Waals surface area contributed by atoms with Gasteiger partial charge in [0.05, 0.1) is 38.6 Å². The van der Waals surface area contributed by atoms with Crippen molar-refractivity contribution < 1.29 is 23.6 Å². The first kappa shape index (κ1) is 30.1. The van der Waals surface area contributed by atoms with Gasteiger partial charge in [0, 0.05) is 62.4 Å². The molecule has 2 aromatic heterocycles. The maximum atomic E-state index is 11.7. The Balaban J connectivity index is 1.34. The number of ether oxygens (including phenoxy) is 3. The lowest BCUT2D eigenvalue weighted by molar-refractivity contribution is -0.384. The number of benzene rings is 1. The number of anilines is 3. The third kappa shape index (κ3) is 7.67. The second-order valence-corrected chi connectivity index (χ2v) is 10.8. The molecule has 0 atom stereocenters. The summed E-state index contributed by atoms with van der Waals surface area (Å²) in [5, 5.41) is 14.8. The molecule has 1 aliphatic rings. The summed E-state index contributed by atoms with van der Waals surface area (Å²) in [6.45, 7) is 4.19. The predicted octanol–water partition coefficient (Wildman–Crippen LogP) is 4.34. The molecule has 0 amide bonds. The van der Waals surface area contributed by atoms with Gasteiger partial charge < -0.3 is 38.6 Å². The third-order valence-electron chi connectivity index (χ3n) is 6.65. The number of aromatic nitrogens is 1. The Morgan fingerprint density at radius 2 is 1.66 bits per heavy atom. The fraction of sp³-hybridized carbons (Fsp3) is 0.464. The summed E-state index contributed by atoms with van der Waals surface area (Å²) in [5.74, 6) is 6.10. The van der Waals surface area contributed by atoms with Crippen molar-refractivity contribution in [3.05, 3.63) is 58.0 Å². The first-order chi connectivity index (χ1) is 19.8. The van der Waals surface area contributed by atoms with Crippen LogP contribution in [-0.4, -0.2) is 88.7 Å². The van der Waals surface area contributed by atoms with Crippen LogP contribution in [0.25, 0.3) is 0 Å². The number of thioether (sulfide) groups is 1. The molecule has 0 spiro atoms. The fourth-order valence-corrected chi connectivity index (χ4v) is 5.40. The van der Waals surface area contributed by atoms with E-state index in [1.54, 1.807) is 39.2 Å². The summed E-state index contributed by atoms with van der Waals surface area (Å²) in [6, 6.07) is 11.1. The number of hydrogen-bond acceptors (Lipinski definition) is 12. The summed E-state index contributed by atoms with van der Waals surface area (Å²) < 4.78 is 22.3. The van der Waals surface area contributed by atoms with Crippen molar-refractivity contribution in [1.82, 2.24) is 9.88 Å². The standard InChI is InChI=1S/C28H38N6O6S/c1-31(2)18-21-6-7-22(40-21)19-41-15-10-29-28-23(34(35)36)8-9-26(30-28)33-13-11-32(12-14-33)20-16-24(37-3)27(39-5)25(17-20)38-4/h6-9,16-17H,10-15,18-19H2,1-5H3,(H,29,30). The van der Waals surface area contributed by atoms with Crippen LogP contribution in [0.15, 0.2) is 40.8 Å². The predicted molar refractivity (Wildman–Crippen MR) is 162 cm³/mol. The summed E-state index contributed by atoms with van der Waals surface area (Å²) in [5.41, 5.74) is 0.938. The number of nitro groups is 1. The molecular weight excluding hydrogens is 548 g/mol. The number of nitrogens with zero attached hydrogens (tertiary/aromatic N) is 5. The van der Waals surface area contributed by atoms with Crippen LogP contribution in [-0.2, 0) is 12.3 Å². The van der Waals surface area contributed by atoms with Crippen LogP contribution in [0.4, 0.5) is 23.0 Å². The molecule has 1 N–H and O–H groups in total. The van der Waals surface area contributed by atoms with Gasteiger partial charge in [-0.3, -0.25) is 10.1 Å². The number of nitrogens with one attached hydrogen (secondary N) is 1. The molecule has 0 saturated carbocycles. The molecular formula is C28H38N6O6S. The number of methoxy groups -OCH3 is 3. The summed E-state index contributed by atoms with van der Waals surface area (Å²) in [7, 11) is 8.79. The van der Waals surface area contributed by atoms with E-state index in [0.29, 0.717) is 42.7 Å². The molecule has 4 rings (SSSR count). The van der Waals surface area contributed by atoms with Gasteiger partial charge in [0.1, 0.15) is 17.3 Å². The third-order valence-corrected chi connectivity index (χ3v) is 7.63. The first-order valence-corrected chi connectivity index (χ1v) is 14.5. The minimum Gasteiger partial charge on any atom is -0.493 e. The zero-order chi connectivity index (χ0) is 29.4. The molecule has 1 aromatic carbocycles. The topological polar surface area (TPSA) is 119 Å².